The van der Waals surface area contributed by atoms with Crippen LogP contribution in [0.15, 0.2) is 6.07 Å². The fourth-order valence-electron chi connectivity index (χ4n) is 2.52. The third kappa shape index (κ3) is 3.80. The summed E-state index contributed by atoms with van der Waals surface area (Å²) < 4.78 is 0. The summed E-state index contributed by atoms with van der Waals surface area (Å²) in [4.78, 5) is 13.0. The van der Waals surface area contributed by atoms with E-state index in [0.717, 1.165) is 43.9 Å². The number of hydrogen-bond donors (Lipinski definition) is 2. The van der Waals surface area contributed by atoms with Crippen molar-refractivity contribution in [2.24, 2.45) is 5.73 Å². The number of nitrogen functional groups attached to an aromatic ring is 1. The van der Waals surface area contributed by atoms with Gasteiger partial charge < -0.3 is 21.3 Å². The maximum absolute atomic E-state index is 5.85. The Bertz CT molecular complexity index is 441. The summed E-state index contributed by atoms with van der Waals surface area (Å²) in [6, 6.07) is 2.38. The molecule has 1 saturated carbocycles. The van der Waals surface area contributed by atoms with Gasteiger partial charge in [0, 0.05) is 31.6 Å². The van der Waals surface area contributed by atoms with Gasteiger partial charge in [0.25, 0.3) is 0 Å². The van der Waals surface area contributed by atoms with Crippen LogP contribution in [-0.2, 0) is 0 Å². The van der Waals surface area contributed by atoms with Crippen LogP contribution in [0.1, 0.15) is 30.9 Å². The molecule has 0 radical (unpaired) electrons. The molecule has 0 amide bonds. The maximum atomic E-state index is 5.85. The average Bonchev–Trinajstić information content (AvgIpc) is 2.33. The molecular weight excluding hydrogens is 252 g/mol. The first-order valence-electron chi connectivity index (χ1n) is 7.21. The molecule has 4 N–H and O–H groups in total. The molecule has 20 heavy (non-hydrogen) atoms. The first-order valence-corrected chi connectivity index (χ1v) is 7.21. The van der Waals surface area contributed by atoms with Gasteiger partial charge in [0.15, 0.2) is 0 Å². The second kappa shape index (κ2) is 6.37. The Morgan fingerprint density at radius 3 is 2.50 bits per heavy atom. The lowest BCUT2D eigenvalue weighted by atomic mass is 9.78. The summed E-state index contributed by atoms with van der Waals surface area (Å²) in [5, 5.41) is 0. The molecule has 0 unspecified atom stereocenters. The molecule has 6 heteroatoms. The predicted molar refractivity (Wildman–Crippen MR) is 82.8 cm³/mol. The van der Waals surface area contributed by atoms with Crippen LogP contribution in [0.5, 0.6) is 0 Å². The third-order valence-corrected chi connectivity index (χ3v) is 3.83. The molecular formula is C14H26N6. The van der Waals surface area contributed by atoms with Gasteiger partial charge in [-0.2, -0.15) is 4.98 Å². The van der Waals surface area contributed by atoms with Gasteiger partial charge in [-0.1, -0.05) is 0 Å². The lowest BCUT2D eigenvalue weighted by molar-refractivity contribution is 0.345. The van der Waals surface area contributed by atoms with Crippen molar-refractivity contribution < 1.29 is 0 Å². The number of aromatic nitrogens is 2. The van der Waals surface area contributed by atoms with E-state index in [9.17, 15) is 0 Å². The molecule has 1 aliphatic rings. The van der Waals surface area contributed by atoms with Crippen molar-refractivity contribution in [3.05, 3.63) is 11.8 Å². The maximum Gasteiger partial charge on any atom is 0.222 e. The minimum absolute atomic E-state index is 0.317. The van der Waals surface area contributed by atoms with E-state index in [2.05, 4.69) is 39.9 Å². The van der Waals surface area contributed by atoms with E-state index in [4.69, 9.17) is 11.5 Å². The van der Waals surface area contributed by atoms with Crippen LogP contribution in [0.2, 0.25) is 0 Å². The van der Waals surface area contributed by atoms with E-state index >= 15 is 0 Å². The van der Waals surface area contributed by atoms with E-state index in [-0.39, 0.29) is 0 Å². The molecule has 0 spiro atoms. The Hall–Kier alpha value is -1.40. The van der Waals surface area contributed by atoms with Gasteiger partial charge in [-0.25, -0.2) is 4.98 Å². The quantitative estimate of drug-likeness (QED) is 0.795. The third-order valence-electron chi connectivity index (χ3n) is 3.83. The zero-order valence-corrected chi connectivity index (χ0v) is 12.7. The zero-order valence-electron chi connectivity index (χ0n) is 12.7. The monoisotopic (exact) mass is 278 g/mol. The summed E-state index contributed by atoms with van der Waals surface area (Å²) in [5.74, 6) is 1.72. The van der Waals surface area contributed by atoms with Crippen molar-refractivity contribution >= 4 is 11.8 Å². The van der Waals surface area contributed by atoms with Crippen LogP contribution in [0.4, 0.5) is 11.8 Å². The second-order valence-corrected chi connectivity index (χ2v) is 6.02. The molecule has 0 atom stereocenters. The summed E-state index contributed by atoms with van der Waals surface area (Å²) in [7, 11) is 6.22. The second-order valence-electron chi connectivity index (χ2n) is 6.02. The molecule has 2 rings (SSSR count). The van der Waals surface area contributed by atoms with Gasteiger partial charge in [0.1, 0.15) is 5.82 Å². The van der Waals surface area contributed by atoms with Gasteiger partial charge in [-0.3, -0.25) is 0 Å². The van der Waals surface area contributed by atoms with E-state index in [0.29, 0.717) is 17.9 Å². The minimum atomic E-state index is 0.317. The first kappa shape index (κ1) is 15.0. The van der Waals surface area contributed by atoms with E-state index < -0.39 is 0 Å². The number of nitrogens with two attached hydrogens (primary N) is 2. The van der Waals surface area contributed by atoms with Crippen LogP contribution < -0.4 is 16.4 Å². The van der Waals surface area contributed by atoms with E-state index in [1.165, 1.54) is 0 Å². The summed E-state index contributed by atoms with van der Waals surface area (Å²) in [6.07, 6.45) is 3.09. The van der Waals surface area contributed by atoms with Crippen molar-refractivity contribution in [2.45, 2.75) is 31.2 Å². The zero-order chi connectivity index (χ0) is 14.7. The highest BCUT2D eigenvalue weighted by Crippen LogP contribution is 2.35. The lowest BCUT2D eigenvalue weighted by Crippen LogP contribution is -2.35. The van der Waals surface area contributed by atoms with Crippen molar-refractivity contribution in [2.75, 3.05) is 44.9 Å². The highest BCUT2D eigenvalue weighted by Gasteiger charge is 2.29. The average molecular weight is 278 g/mol. The molecule has 1 aromatic heterocycles. The SMILES string of the molecule is CN(C)CCCN(C)c1cc(C2CC(N)C2)nc(N)n1. The van der Waals surface area contributed by atoms with Crippen LogP contribution in [0, 0.1) is 0 Å². The summed E-state index contributed by atoms with van der Waals surface area (Å²) in [5.41, 5.74) is 12.7. The molecule has 1 heterocycles. The van der Waals surface area contributed by atoms with E-state index in [1.807, 2.05) is 7.05 Å². The number of rotatable bonds is 6. The number of nitrogens with zero attached hydrogens (tertiary/aromatic N) is 4. The molecule has 0 saturated heterocycles. The molecule has 6 nitrogen and oxygen atoms in total. The molecule has 1 fully saturated rings. The van der Waals surface area contributed by atoms with Gasteiger partial charge in [0.05, 0.1) is 5.69 Å². The minimum Gasteiger partial charge on any atom is -0.368 e. The Morgan fingerprint density at radius 2 is 1.90 bits per heavy atom. The summed E-state index contributed by atoms with van der Waals surface area (Å²) in [6.45, 7) is 2.02. The predicted octanol–water partition coefficient (Wildman–Crippen LogP) is 0.651. The molecule has 0 bridgehead atoms. The van der Waals surface area contributed by atoms with Crippen LogP contribution in [0.25, 0.3) is 0 Å². The van der Waals surface area contributed by atoms with Gasteiger partial charge >= 0.3 is 0 Å². The molecule has 0 aromatic carbocycles. The van der Waals surface area contributed by atoms with Crippen molar-refractivity contribution in [1.29, 1.82) is 0 Å². The molecule has 0 aliphatic heterocycles. The highest BCUT2D eigenvalue weighted by atomic mass is 15.2. The number of hydrogen-bond acceptors (Lipinski definition) is 6. The Kier molecular flexibility index (Phi) is 4.77. The molecule has 1 aromatic rings. The standard InChI is InChI=1S/C14H26N6/c1-19(2)5-4-6-20(3)13-9-12(17-14(16)18-13)10-7-11(15)8-10/h9-11H,4-8,15H2,1-3H3,(H2,16,17,18). The fourth-order valence-corrected chi connectivity index (χ4v) is 2.52. The van der Waals surface area contributed by atoms with Crippen molar-refractivity contribution in [3.63, 3.8) is 0 Å². The van der Waals surface area contributed by atoms with Crippen LogP contribution in [-0.4, -0.2) is 55.1 Å². The molecule has 112 valence electrons. The fraction of sp³-hybridized carbons (Fsp3) is 0.714. The van der Waals surface area contributed by atoms with Gasteiger partial charge in [-0.05, 0) is 39.9 Å². The van der Waals surface area contributed by atoms with Crippen molar-refractivity contribution in [1.82, 2.24) is 14.9 Å². The number of anilines is 2. The van der Waals surface area contributed by atoms with Crippen LogP contribution >= 0.6 is 0 Å². The highest BCUT2D eigenvalue weighted by molar-refractivity contribution is 5.44. The Balaban J connectivity index is 1.99. The lowest BCUT2D eigenvalue weighted by Gasteiger charge is -2.32. The van der Waals surface area contributed by atoms with E-state index in [1.54, 1.807) is 0 Å². The van der Waals surface area contributed by atoms with Gasteiger partial charge in [-0.15, -0.1) is 0 Å². The molecule has 1 aliphatic carbocycles. The van der Waals surface area contributed by atoms with Gasteiger partial charge in [0.2, 0.25) is 5.95 Å². The Morgan fingerprint density at radius 1 is 1.20 bits per heavy atom. The normalized spacial score (nSPS) is 21.9. The summed E-state index contributed by atoms with van der Waals surface area (Å²) >= 11 is 0. The Labute approximate surface area is 121 Å². The topological polar surface area (TPSA) is 84.3 Å². The van der Waals surface area contributed by atoms with Crippen LogP contribution in [0.3, 0.4) is 0 Å². The smallest absolute Gasteiger partial charge is 0.222 e. The first-order chi connectivity index (χ1) is 9.45. The van der Waals surface area contributed by atoms with Crippen molar-refractivity contribution in [3.8, 4) is 0 Å². The largest absolute Gasteiger partial charge is 0.368 e.